The highest BCUT2D eigenvalue weighted by molar-refractivity contribution is 5.77. The molecule has 0 aromatic heterocycles. The minimum Gasteiger partial charge on any atom is -0.462 e. The van der Waals surface area contributed by atoms with Crippen LogP contribution < -0.4 is 5.32 Å². The second-order valence-electron chi connectivity index (χ2n) is 19.0. The number of aliphatic hydroxyl groups is 2. The first kappa shape index (κ1) is 61.1. The van der Waals surface area contributed by atoms with Crippen molar-refractivity contribution in [2.75, 3.05) is 6.61 Å². The maximum absolute atomic E-state index is 13.2. The van der Waals surface area contributed by atoms with E-state index >= 15 is 0 Å². The molecule has 0 aromatic rings. The summed E-state index contributed by atoms with van der Waals surface area (Å²) in [5.74, 6) is -0.492. The van der Waals surface area contributed by atoms with E-state index in [4.69, 9.17) is 4.74 Å². The Labute approximate surface area is 392 Å². The molecule has 0 aliphatic heterocycles. The van der Waals surface area contributed by atoms with E-state index in [9.17, 15) is 19.8 Å². The van der Waals surface area contributed by atoms with Crippen LogP contribution in [0, 0.1) is 0 Å². The fourth-order valence-electron chi connectivity index (χ4n) is 8.48. The molecule has 370 valence electrons. The van der Waals surface area contributed by atoms with E-state index in [0.29, 0.717) is 19.3 Å². The van der Waals surface area contributed by atoms with Gasteiger partial charge < -0.3 is 20.3 Å². The van der Waals surface area contributed by atoms with Crippen molar-refractivity contribution in [3.05, 3.63) is 36.5 Å². The molecular formula is C57H107NO5. The first-order valence-corrected chi connectivity index (χ1v) is 27.7. The molecule has 0 aliphatic rings. The second-order valence-corrected chi connectivity index (χ2v) is 19.0. The van der Waals surface area contributed by atoms with Crippen LogP contribution in [-0.4, -0.2) is 46.9 Å². The van der Waals surface area contributed by atoms with Gasteiger partial charge in [-0.15, -0.1) is 0 Å². The van der Waals surface area contributed by atoms with E-state index in [-0.39, 0.29) is 24.9 Å². The van der Waals surface area contributed by atoms with Crippen LogP contribution in [-0.2, 0) is 14.3 Å². The van der Waals surface area contributed by atoms with Crippen LogP contribution in [0.1, 0.15) is 290 Å². The molecule has 3 atom stereocenters. The number of amides is 1. The third-order valence-corrected chi connectivity index (χ3v) is 12.7. The van der Waals surface area contributed by atoms with Crippen LogP contribution in [0.3, 0.4) is 0 Å². The molecule has 0 spiro atoms. The first-order chi connectivity index (χ1) is 31.0. The maximum Gasteiger partial charge on any atom is 0.306 e. The van der Waals surface area contributed by atoms with Gasteiger partial charge in [-0.3, -0.25) is 9.59 Å². The molecule has 0 heterocycles. The Morgan fingerprint density at radius 2 is 0.810 bits per heavy atom. The molecule has 0 saturated carbocycles. The Morgan fingerprint density at radius 3 is 1.24 bits per heavy atom. The minimum atomic E-state index is -0.792. The zero-order chi connectivity index (χ0) is 45.9. The summed E-state index contributed by atoms with van der Waals surface area (Å²) in [7, 11) is 0. The lowest BCUT2D eigenvalue weighted by Gasteiger charge is -2.24. The molecule has 0 rings (SSSR count). The number of carbonyl (C=O) groups is 2. The lowest BCUT2D eigenvalue weighted by Crippen LogP contribution is -2.46. The number of unbranched alkanes of at least 4 members (excludes halogenated alkanes) is 33. The molecule has 6 nitrogen and oxygen atoms in total. The zero-order valence-corrected chi connectivity index (χ0v) is 42.2. The van der Waals surface area contributed by atoms with Gasteiger partial charge in [0.1, 0.15) is 6.10 Å². The summed E-state index contributed by atoms with van der Waals surface area (Å²) in [6.45, 7) is 6.47. The predicted molar refractivity (Wildman–Crippen MR) is 273 cm³/mol. The van der Waals surface area contributed by atoms with Gasteiger partial charge in [-0.05, 0) is 77.0 Å². The number of nitrogens with one attached hydrogen (secondary N) is 1. The molecule has 0 fully saturated rings. The third kappa shape index (κ3) is 46.4. The number of ether oxygens (including phenoxy) is 1. The molecule has 0 saturated heterocycles. The predicted octanol–water partition coefficient (Wildman–Crippen LogP) is 16.8. The summed E-state index contributed by atoms with van der Waals surface area (Å²) >= 11 is 0. The Morgan fingerprint density at radius 1 is 0.460 bits per heavy atom. The smallest absolute Gasteiger partial charge is 0.306 e. The molecular weight excluding hydrogens is 779 g/mol. The monoisotopic (exact) mass is 886 g/mol. The molecule has 0 aromatic carbocycles. The van der Waals surface area contributed by atoms with E-state index in [0.717, 1.165) is 70.6 Å². The number of allylic oxidation sites excluding steroid dienone is 6. The third-order valence-electron chi connectivity index (χ3n) is 12.7. The van der Waals surface area contributed by atoms with Gasteiger partial charge in [0, 0.05) is 6.42 Å². The Balaban J connectivity index is 4.55. The lowest BCUT2D eigenvalue weighted by atomic mass is 10.0. The molecule has 6 heteroatoms. The highest BCUT2D eigenvalue weighted by Crippen LogP contribution is 2.18. The van der Waals surface area contributed by atoms with E-state index in [1.807, 2.05) is 0 Å². The van der Waals surface area contributed by atoms with Crippen molar-refractivity contribution in [1.29, 1.82) is 0 Å². The Bertz CT molecular complexity index is 1040. The fourth-order valence-corrected chi connectivity index (χ4v) is 8.48. The normalized spacial score (nSPS) is 13.4. The lowest BCUT2D eigenvalue weighted by molar-refractivity contribution is -0.151. The van der Waals surface area contributed by atoms with E-state index < -0.39 is 18.2 Å². The number of carbonyl (C=O) groups excluding carboxylic acids is 2. The van der Waals surface area contributed by atoms with Gasteiger partial charge in [0.25, 0.3) is 0 Å². The van der Waals surface area contributed by atoms with Gasteiger partial charge in [0.05, 0.1) is 25.2 Å². The molecule has 3 N–H and O–H groups in total. The average Bonchev–Trinajstić information content (AvgIpc) is 3.28. The summed E-state index contributed by atoms with van der Waals surface area (Å²) in [5.41, 5.74) is 0. The number of rotatable bonds is 50. The number of hydrogen-bond donors (Lipinski definition) is 3. The van der Waals surface area contributed by atoms with Crippen molar-refractivity contribution in [3.63, 3.8) is 0 Å². The van der Waals surface area contributed by atoms with Crippen LogP contribution in [0.15, 0.2) is 36.5 Å². The highest BCUT2D eigenvalue weighted by Gasteiger charge is 2.24. The summed E-state index contributed by atoms with van der Waals surface area (Å²) in [6.07, 6.45) is 60.7. The van der Waals surface area contributed by atoms with E-state index in [1.165, 1.54) is 173 Å². The average molecular weight is 886 g/mol. The molecule has 0 aliphatic carbocycles. The Kier molecular flexibility index (Phi) is 49.5. The molecule has 3 unspecified atom stereocenters. The number of hydrogen-bond acceptors (Lipinski definition) is 5. The highest BCUT2D eigenvalue weighted by atomic mass is 16.5. The first-order valence-electron chi connectivity index (χ1n) is 27.7. The fraction of sp³-hybridized carbons (Fsp3) is 0.860. The summed E-state index contributed by atoms with van der Waals surface area (Å²) in [6, 6.07) is -0.707. The molecule has 63 heavy (non-hydrogen) atoms. The van der Waals surface area contributed by atoms with Crippen molar-refractivity contribution >= 4 is 11.9 Å². The van der Waals surface area contributed by atoms with Crippen LogP contribution in [0.5, 0.6) is 0 Å². The van der Waals surface area contributed by atoms with Crippen molar-refractivity contribution in [2.45, 2.75) is 309 Å². The van der Waals surface area contributed by atoms with Crippen LogP contribution in [0.4, 0.5) is 0 Å². The Hall–Kier alpha value is -1.92. The standard InChI is InChI=1S/C57H107NO5/c1-4-7-10-13-16-19-21-23-25-27-28-29-31-33-35-38-41-44-47-50-57(62)63-53(48-45-42-39-37-34-32-30-26-24-22-20-17-14-11-8-5-2)51-56(61)58-54(52-59)55(60)49-46-43-40-36-18-15-12-9-6-3/h23,25-26,30,32,34,53-55,59-60H,4-22,24,27-29,31,33,35-52H2,1-3H3,(H,58,61)/b25-23+,30-26+,34-32+. The van der Waals surface area contributed by atoms with Crippen molar-refractivity contribution in [1.82, 2.24) is 5.32 Å². The minimum absolute atomic E-state index is 0.0614. The van der Waals surface area contributed by atoms with Crippen molar-refractivity contribution < 1.29 is 24.5 Å². The van der Waals surface area contributed by atoms with E-state index in [2.05, 4.69) is 62.5 Å². The molecule has 1 amide bonds. The largest absolute Gasteiger partial charge is 0.462 e. The SMILES string of the molecule is CCCCCCCC/C=C/CCCCCCCCCCCC(=O)OC(CCCCC/C=C/C=C/CCCCCCCCC)CC(=O)NC(CO)C(O)CCCCCCCCCCC. The van der Waals surface area contributed by atoms with Gasteiger partial charge in [-0.2, -0.15) is 0 Å². The van der Waals surface area contributed by atoms with Gasteiger partial charge in [0.2, 0.25) is 5.91 Å². The molecule has 0 radical (unpaired) electrons. The number of aliphatic hydroxyl groups excluding tert-OH is 2. The van der Waals surface area contributed by atoms with Gasteiger partial charge >= 0.3 is 5.97 Å². The zero-order valence-electron chi connectivity index (χ0n) is 42.2. The number of esters is 1. The summed E-state index contributed by atoms with van der Waals surface area (Å²) in [5, 5.41) is 23.7. The van der Waals surface area contributed by atoms with Crippen LogP contribution >= 0.6 is 0 Å². The van der Waals surface area contributed by atoms with Crippen molar-refractivity contribution in [2.24, 2.45) is 0 Å². The van der Waals surface area contributed by atoms with E-state index in [1.54, 1.807) is 0 Å². The maximum atomic E-state index is 13.2. The van der Waals surface area contributed by atoms with Crippen molar-refractivity contribution in [3.8, 4) is 0 Å². The quantitative estimate of drug-likeness (QED) is 0.0245. The molecule has 0 bridgehead atoms. The summed E-state index contributed by atoms with van der Waals surface area (Å²) in [4.78, 5) is 26.2. The second kappa shape index (κ2) is 51.1. The van der Waals surface area contributed by atoms with Gasteiger partial charge in [-0.1, -0.05) is 237 Å². The van der Waals surface area contributed by atoms with Crippen LogP contribution in [0.25, 0.3) is 0 Å². The van der Waals surface area contributed by atoms with Gasteiger partial charge in [0.15, 0.2) is 0 Å². The topological polar surface area (TPSA) is 95.9 Å². The van der Waals surface area contributed by atoms with Gasteiger partial charge in [-0.25, -0.2) is 0 Å². The summed E-state index contributed by atoms with van der Waals surface area (Å²) < 4.78 is 5.94. The van der Waals surface area contributed by atoms with Crippen LogP contribution in [0.2, 0.25) is 0 Å².